The van der Waals surface area contributed by atoms with Crippen LogP contribution < -0.4 is 0 Å². The first kappa shape index (κ1) is 16.4. The highest BCUT2D eigenvalue weighted by atomic mass is 32.2. The number of carbonyl (C=O) groups is 1. The van der Waals surface area contributed by atoms with Gasteiger partial charge in [0.25, 0.3) is 5.78 Å². The summed E-state index contributed by atoms with van der Waals surface area (Å²) in [7, 11) is -3.98. The molecule has 0 amide bonds. The van der Waals surface area contributed by atoms with Crippen molar-refractivity contribution in [1.29, 1.82) is 0 Å². The molecular formula is C13H13F3O3S. The van der Waals surface area contributed by atoms with E-state index < -0.39 is 32.3 Å². The van der Waals surface area contributed by atoms with Crippen molar-refractivity contribution in [3.63, 3.8) is 0 Å². The summed E-state index contributed by atoms with van der Waals surface area (Å²) in [6.45, 7) is 6.44. The SMILES string of the molecule is C=C(C)c1cc(C)cc(S(C)(=O)=O)c1C(=O)C(F)(F)F. The van der Waals surface area contributed by atoms with Gasteiger partial charge in [-0.3, -0.25) is 4.79 Å². The number of sulfone groups is 1. The zero-order chi connectivity index (χ0) is 15.9. The van der Waals surface area contributed by atoms with Crippen LogP contribution in [0.3, 0.4) is 0 Å². The summed E-state index contributed by atoms with van der Waals surface area (Å²) in [5, 5.41) is 0. The highest BCUT2D eigenvalue weighted by molar-refractivity contribution is 7.90. The van der Waals surface area contributed by atoms with Gasteiger partial charge in [-0.25, -0.2) is 8.42 Å². The molecule has 0 saturated carbocycles. The van der Waals surface area contributed by atoms with E-state index in [0.717, 1.165) is 12.3 Å². The second-order valence-electron chi connectivity index (χ2n) is 4.56. The van der Waals surface area contributed by atoms with Crippen molar-refractivity contribution in [2.24, 2.45) is 0 Å². The molecule has 20 heavy (non-hydrogen) atoms. The third-order valence-electron chi connectivity index (χ3n) is 2.59. The minimum Gasteiger partial charge on any atom is -0.284 e. The van der Waals surface area contributed by atoms with Crippen LogP contribution in [0.15, 0.2) is 23.6 Å². The number of aryl methyl sites for hydroxylation is 1. The van der Waals surface area contributed by atoms with Crippen molar-refractivity contribution in [3.8, 4) is 0 Å². The fourth-order valence-electron chi connectivity index (χ4n) is 1.76. The van der Waals surface area contributed by atoms with Crippen LogP contribution in [0.1, 0.15) is 28.4 Å². The molecule has 0 fully saturated rings. The van der Waals surface area contributed by atoms with Gasteiger partial charge >= 0.3 is 6.18 Å². The molecule has 0 aliphatic carbocycles. The van der Waals surface area contributed by atoms with Crippen molar-refractivity contribution in [3.05, 3.63) is 35.4 Å². The van der Waals surface area contributed by atoms with Crippen LogP contribution in [-0.2, 0) is 9.84 Å². The van der Waals surface area contributed by atoms with Gasteiger partial charge in [0.15, 0.2) is 9.84 Å². The number of carbonyl (C=O) groups excluding carboxylic acids is 1. The van der Waals surface area contributed by atoms with Gasteiger partial charge in [-0.05, 0) is 31.0 Å². The maximum Gasteiger partial charge on any atom is 0.454 e. The fraction of sp³-hybridized carbons (Fsp3) is 0.308. The van der Waals surface area contributed by atoms with Crippen LogP contribution in [-0.4, -0.2) is 26.6 Å². The number of benzene rings is 1. The average molecular weight is 306 g/mol. The molecule has 0 aromatic heterocycles. The molecule has 0 N–H and O–H groups in total. The Morgan fingerprint density at radius 2 is 1.75 bits per heavy atom. The molecule has 0 atom stereocenters. The summed E-state index contributed by atoms with van der Waals surface area (Å²) < 4.78 is 61.3. The van der Waals surface area contributed by atoms with E-state index in [2.05, 4.69) is 6.58 Å². The van der Waals surface area contributed by atoms with Gasteiger partial charge in [-0.15, -0.1) is 0 Å². The third-order valence-corrected chi connectivity index (χ3v) is 3.71. The molecule has 1 aromatic rings. The van der Waals surface area contributed by atoms with Crippen LogP contribution >= 0.6 is 0 Å². The highest BCUT2D eigenvalue weighted by Crippen LogP contribution is 2.32. The molecule has 1 aromatic carbocycles. The summed E-state index contributed by atoms with van der Waals surface area (Å²) in [6.07, 6.45) is -4.39. The van der Waals surface area contributed by atoms with Crippen LogP contribution in [0.25, 0.3) is 5.57 Å². The summed E-state index contributed by atoms with van der Waals surface area (Å²) >= 11 is 0. The zero-order valence-electron chi connectivity index (χ0n) is 11.1. The molecular weight excluding hydrogens is 293 g/mol. The van der Waals surface area contributed by atoms with E-state index in [1.165, 1.54) is 19.9 Å². The van der Waals surface area contributed by atoms with Gasteiger partial charge in [-0.2, -0.15) is 13.2 Å². The Morgan fingerprint density at radius 3 is 2.10 bits per heavy atom. The first-order valence-corrected chi connectivity index (χ1v) is 7.37. The molecule has 0 unspecified atom stereocenters. The number of ketones is 1. The van der Waals surface area contributed by atoms with Crippen molar-refractivity contribution in [2.75, 3.05) is 6.26 Å². The highest BCUT2D eigenvalue weighted by Gasteiger charge is 2.42. The lowest BCUT2D eigenvalue weighted by molar-refractivity contribution is -0.0887. The Bertz CT molecular complexity index is 686. The van der Waals surface area contributed by atoms with Crippen LogP contribution in [0.5, 0.6) is 0 Å². The van der Waals surface area contributed by atoms with E-state index in [0.29, 0.717) is 5.56 Å². The van der Waals surface area contributed by atoms with E-state index in [4.69, 9.17) is 0 Å². The quantitative estimate of drug-likeness (QED) is 0.806. The summed E-state index contributed by atoms with van der Waals surface area (Å²) in [5.41, 5.74) is -0.348. The monoisotopic (exact) mass is 306 g/mol. The third kappa shape index (κ3) is 3.27. The maximum atomic E-state index is 12.7. The zero-order valence-corrected chi connectivity index (χ0v) is 11.9. The van der Waals surface area contributed by atoms with E-state index in [1.54, 1.807) is 0 Å². The summed E-state index contributed by atoms with van der Waals surface area (Å²) in [4.78, 5) is 10.9. The van der Waals surface area contributed by atoms with Gasteiger partial charge in [0.1, 0.15) is 0 Å². The lowest BCUT2D eigenvalue weighted by atomic mass is 9.96. The molecule has 0 saturated heterocycles. The molecule has 3 nitrogen and oxygen atoms in total. The molecule has 0 bridgehead atoms. The smallest absolute Gasteiger partial charge is 0.284 e. The van der Waals surface area contributed by atoms with Crippen molar-refractivity contribution in [2.45, 2.75) is 24.9 Å². The molecule has 0 aliphatic rings. The Hall–Kier alpha value is -1.63. The topological polar surface area (TPSA) is 51.2 Å². The number of hydrogen-bond acceptors (Lipinski definition) is 3. The lowest BCUT2D eigenvalue weighted by Crippen LogP contribution is -2.26. The molecule has 110 valence electrons. The van der Waals surface area contributed by atoms with Gasteiger partial charge in [-0.1, -0.05) is 18.2 Å². The minimum absolute atomic E-state index is 0.104. The van der Waals surface area contributed by atoms with E-state index >= 15 is 0 Å². The lowest BCUT2D eigenvalue weighted by Gasteiger charge is -2.15. The molecule has 0 radical (unpaired) electrons. The standard InChI is InChI=1S/C13H13F3O3S/c1-7(2)9-5-8(3)6-10(20(4,18)19)11(9)12(17)13(14,15)16/h5-6H,1H2,2-4H3. The van der Waals surface area contributed by atoms with Gasteiger partial charge in [0, 0.05) is 6.26 Å². The Morgan fingerprint density at radius 1 is 1.25 bits per heavy atom. The second kappa shape index (κ2) is 5.05. The van der Waals surface area contributed by atoms with Gasteiger partial charge in [0.05, 0.1) is 10.5 Å². The minimum atomic E-state index is -5.15. The first-order chi connectivity index (χ1) is 8.85. The number of hydrogen-bond donors (Lipinski definition) is 0. The fourth-order valence-corrected chi connectivity index (χ4v) is 2.73. The van der Waals surface area contributed by atoms with E-state index in [-0.39, 0.29) is 11.1 Å². The predicted molar refractivity (Wildman–Crippen MR) is 69.4 cm³/mol. The number of alkyl halides is 3. The van der Waals surface area contributed by atoms with Gasteiger partial charge < -0.3 is 0 Å². The number of halogens is 3. The Labute approximate surface area is 115 Å². The van der Waals surface area contributed by atoms with Crippen LogP contribution in [0.4, 0.5) is 13.2 Å². The largest absolute Gasteiger partial charge is 0.454 e. The van der Waals surface area contributed by atoms with Crippen molar-refractivity contribution < 1.29 is 26.4 Å². The Balaban J connectivity index is 3.87. The first-order valence-electron chi connectivity index (χ1n) is 5.48. The maximum absolute atomic E-state index is 12.7. The normalized spacial score (nSPS) is 12.3. The van der Waals surface area contributed by atoms with Crippen molar-refractivity contribution >= 4 is 21.2 Å². The predicted octanol–water partition coefficient (Wildman–Crippen LogP) is 3.18. The summed E-state index contributed by atoms with van der Waals surface area (Å²) in [6, 6.07) is 2.37. The molecule has 0 spiro atoms. The van der Waals surface area contributed by atoms with Gasteiger partial charge in [0.2, 0.25) is 0 Å². The van der Waals surface area contributed by atoms with Crippen LogP contribution in [0.2, 0.25) is 0 Å². The number of allylic oxidation sites excluding steroid dienone is 1. The van der Waals surface area contributed by atoms with E-state index in [9.17, 15) is 26.4 Å². The second-order valence-corrected chi connectivity index (χ2v) is 6.55. The number of rotatable bonds is 3. The van der Waals surface area contributed by atoms with E-state index in [1.807, 2.05) is 0 Å². The number of Topliss-reactive ketones (excluding diaryl/α,β-unsaturated/α-hetero) is 1. The molecule has 0 heterocycles. The molecule has 1 rings (SSSR count). The molecule has 0 aliphatic heterocycles. The summed E-state index contributed by atoms with van der Waals surface area (Å²) in [5.74, 6) is -2.18. The van der Waals surface area contributed by atoms with Crippen molar-refractivity contribution in [1.82, 2.24) is 0 Å². The Kier molecular flexibility index (Phi) is 4.14. The van der Waals surface area contributed by atoms with Crippen LogP contribution in [0, 0.1) is 6.92 Å². The molecule has 7 heteroatoms. The average Bonchev–Trinajstić information content (AvgIpc) is 2.24.